The molecule has 0 saturated heterocycles. The fourth-order valence-electron chi connectivity index (χ4n) is 5.05. The number of fused-ring (bicyclic) bond motifs is 3. The van der Waals surface area contributed by atoms with Gasteiger partial charge in [0, 0.05) is 39.8 Å². The van der Waals surface area contributed by atoms with Crippen LogP contribution >= 0.6 is 15.9 Å². The van der Waals surface area contributed by atoms with Gasteiger partial charge in [0.15, 0.2) is 0 Å². The number of carbonyl (C=O) groups is 2. The maximum absolute atomic E-state index is 14.0. The van der Waals surface area contributed by atoms with Gasteiger partial charge in [0.2, 0.25) is 0 Å². The molecule has 3 heterocycles. The van der Waals surface area contributed by atoms with E-state index in [1.54, 1.807) is 57.6 Å². The number of aryl methyl sites for hydroxylation is 1. The van der Waals surface area contributed by atoms with Gasteiger partial charge in [0.25, 0.3) is 17.4 Å². The zero-order chi connectivity index (χ0) is 27.1. The summed E-state index contributed by atoms with van der Waals surface area (Å²) in [6.07, 6.45) is 4.44. The number of halogens is 1. The molecule has 2 aromatic carbocycles. The maximum atomic E-state index is 14.0. The number of rotatable bonds is 5. The third-order valence-corrected chi connectivity index (χ3v) is 7.98. The van der Waals surface area contributed by atoms with Crippen LogP contribution in [0.4, 0.5) is 0 Å². The van der Waals surface area contributed by atoms with Crippen molar-refractivity contribution in [3.8, 4) is 5.69 Å². The Balaban J connectivity index is 1.66. The molecule has 2 aromatic heterocycles. The van der Waals surface area contributed by atoms with Crippen LogP contribution in [0.25, 0.3) is 11.3 Å². The Morgan fingerprint density at radius 1 is 1.18 bits per heavy atom. The van der Waals surface area contributed by atoms with Crippen molar-refractivity contribution in [1.29, 1.82) is 0 Å². The molecule has 1 aliphatic heterocycles. The largest absolute Gasteiger partial charge is 0.355 e. The van der Waals surface area contributed by atoms with E-state index in [-0.39, 0.29) is 30.0 Å². The molecule has 4 aromatic rings. The first-order valence-corrected chi connectivity index (χ1v) is 13.2. The lowest BCUT2D eigenvalue weighted by molar-refractivity contribution is 0.0651. The molecule has 2 amide bonds. The van der Waals surface area contributed by atoms with Crippen LogP contribution in [0.15, 0.2) is 70.6 Å². The van der Waals surface area contributed by atoms with Gasteiger partial charge in [-0.1, -0.05) is 22.0 Å². The van der Waals surface area contributed by atoms with Gasteiger partial charge in [0.1, 0.15) is 5.65 Å². The fraction of sp³-hybridized carbons (Fsp3) is 0.241. The monoisotopic (exact) mass is 573 g/mol. The predicted octanol–water partition coefficient (Wildman–Crippen LogP) is 4.23. The van der Waals surface area contributed by atoms with Gasteiger partial charge < -0.3 is 10.2 Å². The van der Waals surface area contributed by atoms with Crippen molar-refractivity contribution in [2.75, 3.05) is 7.05 Å². The van der Waals surface area contributed by atoms with Crippen LogP contribution < -0.4 is 10.9 Å². The van der Waals surface area contributed by atoms with E-state index in [1.807, 2.05) is 32.0 Å². The highest BCUT2D eigenvalue weighted by Gasteiger charge is 2.33. The normalized spacial score (nSPS) is 14.8. The molecule has 1 unspecified atom stereocenters. The highest BCUT2D eigenvalue weighted by Crippen LogP contribution is 2.27. The number of nitrogens with one attached hydrogen (secondary N) is 1. The maximum Gasteiger partial charge on any atom is 0.261 e. The van der Waals surface area contributed by atoms with E-state index in [0.717, 1.165) is 15.6 Å². The molecule has 0 radical (unpaired) electrons. The van der Waals surface area contributed by atoms with E-state index in [0.29, 0.717) is 46.6 Å². The SMILES string of the molecule is C=CCc1cnn2c3c(c(=O)n(-c4ccc(C(=O)NC)cc4)c12)CC(C)N(C(=O)c1ccc(Br)c(C)c1)C3. The molecular weight excluding hydrogens is 546 g/mol. The number of carbonyl (C=O) groups excluding carboxylic acids is 2. The quantitative estimate of drug-likeness (QED) is 0.362. The Morgan fingerprint density at radius 3 is 2.55 bits per heavy atom. The van der Waals surface area contributed by atoms with Crippen molar-refractivity contribution in [3.05, 3.63) is 110 Å². The van der Waals surface area contributed by atoms with Gasteiger partial charge >= 0.3 is 0 Å². The van der Waals surface area contributed by atoms with Crippen LogP contribution in [0.5, 0.6) is 0 Å². The van der Waals surface area contributed by atoms with Crippen LogP contribution in [0, 0.1) is 6.92 Å². The minimum absolute atomic E-state index is 0.0839. The lowest BCUT2D eigenvalue weighted by atomic mass is 9.98. The molecule has 38 heavy (non-hydrogen) atoms. The summed E-state index contributed by atoms with van der Waals surface area (Å²) in [7, 11) is 1.58. The Hall–Kier alpha value is -3.98. The van der Waals surface area contributed by atoms with Crippen molar-refractivity contribution >= 4 is 33.4 Å². The van der Waals surface area contributed by atoms with Crippen LogP contribution in [-0.2, 0) is 19.4 Å². The zero-order valence-electron chi connectivity index (χ0n) is 21.5. The molecule has 5 rings (SSSR count). The second-order valence-corrected chi connectivity index (χ2v) is 10.4. The Morgan fingerprint density at radius 2 is 1.89 bits per heavy atom. The van der Waals surface area contributed by atoms with Crippen molar-refractivity contribution in [3.63, 3.8) is 0 Å². The molecule has 9 heteroatoms. The minimum atomic E-state index is -0.198. The number of benzene rings is 2. The molecule has 0 aliphatic carbocycles. The Bertz CT molecular complexity index is 1650. The van der Waals surface area contributed by atoms with Gasteiger partial charge in [-0.2, -0.15) is 5.10 Å². The number of allylic oxidation sites excluding steroid dienone is 1. The highest BCUT2D eigenvalue weighted by molar-refractivity contribution is 9.10. The van der Waals surface area contributed by atoms with E-state index < -0.39 is 0 Å². The summed E-state index contributed by atoms with van der Waals surface area (Å²) >= 11 is 3.50. The molecule has 0 bridgehead atoms. The second kappa shape index (κ2) is 10.1. The van der Waals surface area contributed by atoms with E-state index in [4.69, 9.17) is 0 Å². The molecule has 1 N–H and O–H groups in total. The second-order valence-electron chi connectivity index (χ2n) is 9.54. The molecule has 1 aliphatic rings. The van der Waals surface area contributed by atoms with E-state index in [1.165, 1.54) is 0 Å². The number of nitrogens with zero attached hydrogens (tertiary/aromatic N) is 4. The molecule has 0 spiro atoms. The smallest absolute Gasteiger partial charge is 0.261 e. The molecule has 0 fully saturated rings. The van der Waals surface area contributed by atoms with Crippen molar-refractivity contribution < 1.29 is 9.59 Å². The summed E-state index contributed by atoms with van der Waals surface area (Å²) in [5, 5.41) is 7.27. The first-order valence-electron chi connectivity index (χ1n) is 12.4. The molecule has 0 saturated carbocycles. The van der Waals surface area contributed by atoms with E-state index >= 15 is 0 Å². The first kappa shape index (κ1) is 25.7. The van der Waals surface area contributed by atoms with Crippen molar-refractivity contribution in [2.24, 2.45) is 0 Å². The third-order valence-electron chi connectivity index (χ3n) is 7.09. The van der Waals surface area contributed by atoms with Gasteiger partial charge in [0.05, 0.1) is 24.1 Å². The molecule has 1 atom stereocenters. The third kappa shape index (κ3) is 4.26. The number of aromatic nitrogens is 3. The average Bonchev–Trinajstić information content (AvgIpc) is 3.33. The number of hydrogen-bond acceptors (Lipinski definition) is 4. The number of amides is 2. The van der Waals surface area contributed by atoms with Gasteiger partial charge in [-0.3, -0.25) is 19.0 Å². The van der Waals surface area contributed by atoms with Gasteiger partial charge in [-0.05, 0) is 74.7 Å². The van der Waals surface area contributed by atoms with Crippen LogP contribution in [-0.4, -0.2) is 44.0 Å². The summed E-state index contributed by atoms with van der Waals surface area (Å²) < 4.78 is 4.38. The Labute approximate surface area is 228 Å². The van der Waals surface area contributed by atoms with Crippen LogP contribution in [0.3, 0.4) is 0 Å². The molecule has 194 valence electrons. The summed E-state index contributed by atoms with van der Waals surface area (Å²) in [5.41, 5.74) is 5.39. The summed E-state index contributed by atoms with van der Waals surface area (Å²) in [6.45, 7) is 8.04. The topological polar surface area (TPSA) is 88.7 Å². The zero-order valence-corrected chi connectivity index (χ0v) is 23.1. The first-order chi connectivity index (χ1) is 18.2. The van der Waals surface area contributed by atoms with Crippen molar-refractivity contribution in [1.82, 2.24) is 24.4 Å². The van der Waals surface area contributed by atoms with Crippen LogP contribution in [0.1, 0.15) is 50.0 Å². The average molecular weight is 574 g/mol. The van der Waals surface area contributed by atoms with Gasteiger partial charge in [-0.15, -0.1) is 6.58 Å². The number of hydrogen-bond donors (Lipinski definition) is 1. The molecular formula is C29H28BrN5O3. The summed E-state index contributed by atoms with van der Waals surface area (Å²) in [4.78, 5) is 41.5. The fourth-order valence-corrected chi connectivity index (χ4v) is 5.29. The summed E-state index contributed by atoms with van der Waals surface area (Å²) in [5.74, 6) is -0.282. The van der Waals surface area contributed by atoms with Crippen molar-refractivity contribution in [2.45, 2.75) is 39.3 Å². The summed E-state index contributed by atoms with van der Waals surface area (Å²) in [6, 6.07) is 12.3. The van der Waals surface area contributed by atoms with E-state index in [2.05, 4.69) is 32.9 Å². The Kier molecular flexibility index (Phi) is 6.79. The lowest BCUT2D eigenvalue weighted by Gasteiger charge is -2.35. The molecule has 8 nitrogen and oxygen atoms in total. The van der Waals surface area contributed by atoms with Gasteiger partial charge in [-0.25, -0.2) is 4.52 Å². The standard InChI is InChI=1S/C29H28BrN5O3/c1-5-6-21-15-32-35-25-16-33(28(37)20-9-12-24(30)17(2)13-20)18(3)14-23(25)29(38)34(27(21)35)22-10-7-19(8-11-22)26(36)31-4/h5,7-13,15,18H,1,6,14,16H2,2-4H3,(H,31,36). The lowest BCUT2D eigenvalue weighted by Crippen LogP contribution is -2.46. The highest BCUT2D eigenvalue weighted by atomic mass is 79.9. The van der Waals surface area contributed by atoms with E-state index in [9.17, 15) is 14.4 Å². The minimum Gasteiger partial charge on any atom is -0.355 e. The predicted molar refractivity (Wildman–Crippen MR) is 150 cm³/mol. The van der Waals surface area contributed by atoms with Crippen LogP contribution in [0.2, 0.25) is 0 Å².